The molecule has 1 rings (SSSR count). The molecule has 23 heavy (non-hydrogen) atoms. The minimum atomic E-state index is -3.84. The Morgan fingerprint density at radius 1 is 1.22 bits per heavy atom. The van der Waals surface area contributed by atoms with Crippen LogP contribution in [0.25, 0.3) is 0 Å². The molecule has 1 N–H and O–H groups in total. The molecule has 0 aliphatic carbocycles. The number of sulfonamides is 1. The summed E-state index contributed by atoms with van der Waals surface area (Å²) < 4.78 is 37.2. The van der Waals surface area contributed by atoms with Gasteiger partial charge in [-0.3, -0.25) is 4.79 Å². The molecule has 0 radical (unpaired) electrons. The van der Waals surface area contributed by atoms with Crippen molar-refractivity contribution in [3.63, 3.8) is 0 Å². The third-order valence-electron chi connectivity index (χ3n) is 3.00. The third kappa shape index (κ3) is 6.47. The van der Waals surface area contributed by atoms with E-state index in [1.165, 1.54) is 24.3 Å². The van der Waals surface area contributed by atoms with E-state index in [0.717, 1.165) is 0 Å². The molecule has 1 aromatic carbocycles. The molecule has 0 amide bonds. The largest absolute Gasteiger partial charge is 0.462 e. The second-order valence-corrected chi connectivity index (χ2v) is 7.31. The number of nitrogens with one attached hydrogen (secondary N) is 1. The maximum Gasteiger partial charge on any atom is 0.324 e. The van der Waals surface area contributed by atoms with Gasteiger partial charge in [0.1, 0.15) is 12.6 Å². The zero-order chi connectivity index (χ0) is 17.5. The lowest BCUT2D eigenvalue weighted by molar-refractivity contribution is -0.148. The summed E-state index contributed by atoms with van der Waals surface area (Å²) >= 11 is 5.75. The number of halogens is 1. The summed E-state index contributed by atoms with van der Waals surface area (Å²) in [6, 6.07) is 4.73. The Morgan fingerprint density at radius 2 is 1.83 bits per heavy atom. The zero-order valence-electron chi connectivity index (χ0n) is 13.4. The summed E-state index contributed by atoms with van der Waals surface area (Å²) in [5.41, 5.74) is 0. The molecule has 0 fully saturated rings. The smallest absolute Gasteiger partial charge is 0.324 e. The van der Waals surface area contributed by atoms with E-state index >= 15 is 0 Å². The third-order valence-corrected chi connectivity index (χ3v) is 4.71. The Kier molecular flexibility index (Phi) is 7.98. The van der Waals surface area contributed by atoms with E-state index in [-0.39, 0.29) is 24.0 Å². The highest BCUT2D eigenvalue weighted by molar-refractivity contribution is 7.89. The number of hydrogen-bond acceptors (Lipinski definition) is 5. The van der Waals surface area contributed by atoms with E-state index in [4.69, 9.17) is 21.1 Å². The number of carbonyl (C=O) groups excluding carboxylic acids is 1. The molecule has 0 aromatic heterocycles. The van der Waals surface area contributed by atoms with Gasteiger partial charge in [-0.25, -0.2) is 8.42 Å². The first-order valence-corrected chi connectivity index (χ1v) is 9.16. The molecule has 1 aromatic rings. The van der Waals surface area contributed by atoms with Crippen molar-refractivity contribution in [3.05, 3.63) is 29.3 Å². The van der Waals surface area contributed by atoms with Gasteiger partial charge in [-0.05, 0) is 37.1 Å². The minimum absolute atomic E-state index is 0.0367. The fraction of sp³-hybridized carbons (Fsp3) is 0.533. The van der Waals surface area contributed by atoms with Crippen molar-refractivity contribution < 1.29 is 22.7 Å². The molecule has 0 aliphatic rings. The van der Waals surface area contributed by atoms with Crippen LogP contribution in [0.5, 0.6) is 0 Å². The monoisotopic (exact) mass is 363 g/mol. The van der Waals surface area contributed by atoms with Crippen LogP contribution < -0.4 is 4.72 Å². The first-order valence-electron chi connectivity index (χ1n) is 7.30. The van der Waals surface area contributed by atoms with Crippen LogP contribution in [-0.4, -0.2) is 40.2 Å². The SMILES string of the molecule is CCOCCOC(=O)[C@@H](NS(=O)(=O)c1ccc(Cl)cc1)C(C)C. The number of rotatable bonds is 9. The Hall–Kier alpha value is -1.15. The highest BCUT2D eigenvalue weighted by Crippen LogP contribution is 2.16. The molecule has 1 atom stereocenters. The average Bonchev–Trinajstić information content (AvgIpc) is 2.49. The van der Waals surface area contributed by atoms with Crippen molar-refractivity contribution in [3.8, 4) is 0 Å². The van der Waals surface area contributed by atoms with Crippen LogP contribution >= 0.6 is 11.6 Å². The first-order chi connectivity index (χ1) is 10.8. The van der Waals surface area contributed by atoms with Gasteiger partial charge in [-0.2, -0.15) is 4.72 Å². The predicted octanol–water partition coefficient (Wildman–Crippen LogP) is 2.22. The molecule has 0 spiro atoms. The van der Waals surface area contributed by atoms with E-state index in [1.54, 1.807) is 13.8 Å². The maximum absolute atomic E-state index is 12.4. The first kappa shape index (κ1) is 19.9. The molecule has 0 aliphatic heterocycles. The van der Waals surface area contributed by atoms with Gasteiger partial charge in [0.2, 0.25) is 10.0 Å². The number of esters is 1. The van der Waals surface area contributed by atoms with Gasteiger partial charge in [0.25, 0.3) is 0 Å². The molecule has 0 heterocycles. The molecule has 0 saturated heterocycles. The summed E-state index contributed by atoms with van der Waals surface area (Å²) in [6.07, 6.45) is 0. The number of ether oxygens (including phenoxy) is 2. The summed E-state index contributed by atoms with van der Waals surface area (Å²) in [7, 11) is -3.84. The Bertz CT molecular complexity index is 601. The van der Waals surface area contributed by atoms with Crippen LogP contribution in [0.3, 0.4) is 0 Å². The van der Waals surface area contributed by atoms with Crippen molar-refractivity contribution in [1.82, 2.24) is 4.72 Å². The van der Waals surface area contributed by atoms with Crippen LogP contribution in [0.1, 0.15) is 20.8 Å². The fourth-order valence-corrected chi connectivity index (χ4v) is 3.20. The number of hydrogen-bond donors (Lipinski definition) is 1. The van der Waals surface area contributed by atoms with Gasteiger partial charge >= 0.3 is 5.97 Å². The molecular weight excluding hydrogens is 342 g/mol. The van der Waals surface area contributed by atoms with Gasteiger partial charge in [-0.15, -0.1) is 0 Å². The van der Waals surface area contributed by atoms with E-state index in [1.807, 2.05) is 6.92 Å². The molecule has 0 bridgehead atoms. The zero-order valence-corrected chi connectivity index (χ0v) is 15.0. The van der Waals surface area contributed by atoms with E-state index in [2.05, 4.69) is 4.72 Å². The van der Waals surface area contributed by atoms with Gasteiger partial charge in [0.15, 0.2) is 0 Å². The normalized spacial score (nSPS) is 13.1. The van der Waals surface area contributed by atoms with Crippen molar-refractivity contribution in [2.24, 2.45) is 5.92 Å². The number of benzene rings is 1. The Morgan fingerprint density at radius 3 is 2.35 bits per heavy atom. The van der Waals surface area contributed by atoms with Crippen molar-refractivity contribution >= 4 is 27.6 Å². The average molecular weight is 364 g/mol. The minimum Gasteiger partial charge on any atom is -0.462 e. The van der Waals surface area contributed by atoms with E-state index < -0.39 is 22.0 Å². The van der Waals surface area contributed by atoms with Crippen LogP contribution in [0.15, 0.2) is 29.2 Å². The van der Waals surface area contributed by atoms with Crippen LogP contribution in [-0.2, 0) is 24.3 Å². The highest BCUT2D eigenvalue weighted by atomic mass is 35.5. The molecular formula is C15H22ClNO5S. The van der Waals surface area contributed by atoms with Gasteiger partial charge < -0.3 is 9.47 Å². The lowest BCUT2D eigenvalue weighted by Gasteiger charge is -2.20. The quantitative estimate of drug-likeness (QED) is 0.537. The van der Waals surface area contributed by atoms with Crippen LogP contribution in [0.4, 0.5) is 0 Å². The molecule has 0 saturated carbocycles. The molecule has 0 unspecified atom stereocenters. The second kappa shape index (κ2) is 9.22. The Labute approximate surface area is 142 Å². The second-order valence-electron chi connectivity index (χ2n) is 5.16. The van der Waals surface area contributed by atoms with E-state index in [9.17, 15) is 13.2 Å². The van der Waals surface area contributed by atoms with Crippen LogP contribution in [0, 0.1) is 5.92 Å². The molecule has 6 nitrogen and oxygen atoms in total. The Balaban J connectivity index is 2.78. The van der Waals surface area contributed by atoms with Crippen molar-refractivity contribution in [2.75, 3.05) is 19.8 Å². The van der Waals surface area contributed by atoms with Gasteiger partial charge in [-0.1, -0.05) is 25.4 Å². The maximum atomic E-state index is 12.4. The predicted molar refractivity (Wildman–Crippen MR) is 87.9 cm³/mol. The molecule has 8 heteroatoms. The van der Waals surface area contributed by atoms with E-state index in [0.29, 0.717) is 11.6 Å². The summed E-state index contributed by atoms with van der Waals surface area (Å²) in [6.45, 7) is 6.18. The number of carbonyl (C=O) groups is 1. The highest BCUT2D eigenvalue weighted by Gasteiger charge is 2.29. The summed E-state index contributed by atoms with van der Waals surface area (Å²) in [5, 5.41) is 0.430. The van der Waals surface area contributed by atoms with Crippen LogP contribution in [0.2, 0.25) is 5.02 Å². The topological polar surface area (TPSA) is 81.7 Å². The lowest BCUT2D eigenvalue weighted by atomic mass is 10.1. The fourth-order valence-electron chi connectivity index (χ4n) is 1.74. The van der Waals surface area contributed by atoms with Gasteiger partial charge in [0.05, 0.1) is 11.5 Å². The van der Waals surface area contributed by atoms with Gasteiger partial charge in [0, 0.05) is 11.6 Å². The standard InChI is InChI=1S/C15H22ClNO5S/c1-4-21-9-10-22-15(18)14(11(2)3)17-23(19,20)13-7-5-12(16)6-8-13/h5-8,11,14,17H,4,9-10H2,1-3H3/t14-/m0/s1. The summed E-state index contributed by atoms with van der Waals surface area (Å²) in [4.78, 5) is 12.1. The summed E-state index contributed by atoms with van der Waals surface area (Å²) in [5.74, 6) is -0.895. The molecule has 130 valence electrons. The van der Waals surface area contributed by atoms with Crippen molar-refractivity contribution in [1.29, 1.82) is 0 Å². The lowest BCUT2D eigenvalue weighted by Crippen LogP contribution is -2.45. The van der Waals surface area contributed by atoms with Crippen molar-refractivity contribution in [2.45, 2.75) is 31.7 Å².